The van der Waals surface area contributed by atoms with Gasteiger partial charge in [0.05, 0.1) is 16.0 Å². The van der Waals surface area contributed by atoms with Gasteiger partial charge in [0.2, 0.25) is 5.91 Å². The van der Waals surface area contributed by atoms with Crippen LogP contribution in [0.3, 0.4) is 0 Å². The highest BCUT2D eigenvalue weighted by Gasteiger charge is 2.15. The number of carbonyl (C=O) groups is 1. The van der Waals surface area contributed by atoms with Crippen LogP contribution in [0.25, 0.3) is 0 Å². The van der Waals surface area contributed by atoms with Gasteiger partial charge in [-0.15, -0.1) is 11.8 Å². The van der Waals surface area contributed by atoms with Crippen molar-refractivity contribution < 1.29 is 4.79 Å². The molecule has 1 unspecified atom stereocenters. The maximum Gasteiger partial charge on any atom is 0.237 e. The number of anilines is 2. The van der Waals surface area contributed by atoms with Crippen molar-refractivity contribution >= 4 is 40.6 Å². The van der Waals surface area contributed by atoms with Crippen LogP contribution in [0.2, 0.25) is 5.02 Å². The minimum atomic E-state index is -0.116. The highest BCUT2D eigenvalue weighted by atomic mass is 35.5. The van der Waals surface area contributed by atoms with Crippen LogP contribution in [0.1, 0.15) is 20.8 Å². The summed E-state index contributed by atoms with van der Waals surface area (Å²) in [6.07, 6.45) is 0. The lowest BCUT2D eigenvalue weighted by Crippen LogP contribution is -2.28. The highest BCUT2D eigenvalue weighted by Crippen LogP contribution is 2.25. The normalized spacial score (nSPS) is 12.4. The Kier molecular flexibility index (Phi) is 7.93. The molecule has 0 aromatic heterocycles. The van der Waals surface area contributed by atoms with Crippen LogP contribution < -0.4 is 11.1 Å². The van der Waals surface area contributed by atoms with Gasteiger partial charge in [0.1, 0.15) is 0 Å². The second-order valence-electron chi connectivity index (χ2n) is 4.77. The van der Waals surface area contributed by atoms with Gasteiger partial charge in [0.25, 0.3) is 0 Å². The molecule has 0 heterocycles. The number of nitrogens with zero attached hydrogens (tertiary/aromatic N) is 1. The van der Waals surface area contributed by atoms with Gasteiger partial charge >= 0.3 is 0 Å². The van der Waals surface area contributed by atoms with Crippen LogP contribution in [0.4, 0.5) is 11.4 Å². The average molecular weight is 330 g/mol. The van der Waals surface area contributed by atoms with Crippen molar-refractivity contribution in [1.82, 2.24) is 4.90 Å². The minimum Gasteiger partial charge on any atom is -0.399 e. The predicted molar refractivity (Wildman–Crippen MR) is 94.2 cm³/mol. The predicted octanol–water partition coefficient (Wildman–Crippen LogP) is 3.32. The highest BCUT2D eigenvalue weighted by molar-refractivity contribution is 8.00. The smallest absolute Gasteiger partial charge is 0.237 e. The number of nitrogens with one attached hydrogen (secondary N) is 1. The van der Waals surface area contributed by atoms with Crippen LogP contribution in [0.15, 0.2) is 18.2 Å². The first-order valence-electron chi connectivity index (χ1n) is 7.17. The minimum absolute atomic E-state index is 0.0359. The molecule has 0 radical (unpaired) electrons. The van der Waals surface area contributed by atoms with Crippen LogP contribution >= 0.6 is 23.4 Å². The van der Waals surface area contributed by atoms with Gasteiger partial charge in [-0.2, -0.15) is 0 Å². The molecule has 1 amide bonds. The zero-order valence-corrected chi connectivity index (χ0v) is 14.4. The van der Waals surface area contributed by atoms with Gasteiger partial charge in [-0.05, 0) is 38.2 Å². The van der Waals surface area contributed by atoms with Crippen molar-refractivity contribution in [2.75, 3.05) is 36.4 Å². The summed E-state index contributed by atoms with van der Waals surface area (Å²) >= 11 is 7.70. The maximum absolute atomic E-state index is 12.1. The van der Waals surface area contributed by atoms with E-state index in [0.29, 0.717) is 16.4 Å². The second kappa shape index (κ2) is 9.18. The van der Waals surface area contributed by atoms with Crippen molar-refractivity contribution in [3.05, 3.63) is 23.2 Å². The summed E-state index contributed by atoms with van der Waals surface area (Å²) in [6.45, 7) is 9.28. The Morgan fingerprint density at radius 1 is 1.43 bits per heavy atom. The quantitative estimate of drug-likeness (QED) is 0.718. The molecule has 0 bridgehead atoms. The lowest BCUT2D eigenvalue weighted by atomic mass is 10.2. The monoisotopic (exact) mass is 329 g/mol. The summed E-state index contributed by atoms with van der Waals surface area (Å²) in [7, 11) is 0. The summed E-state index contributed by atoms with van der Waals surface area (Å²) in [6, 6.07) is 5.08. The third kappa shape index (κ3) is 6.16. The molecule has 1 rings (SSSR count). The topological polar surface area (TPSA) is 58.4 Å². The largest absolute Gasteiger partial charge is 0.399 e. The van der Waals surface area contributed by atoms with Crippen LogP contribution in [-0.4, -0.2) is 41.4 Å². The Labute approximate surface area is 136 Å². The maximum atomic E-state index is 12.1. The van der Waals surface area contributed by atoms with Gasteiger partial charge in [-0.25, -0.2) is 0 Å². The molecule has 118 valence electrons. The number of amides is 1. The summed E-state index contributed by atoms with van der Waals surface area (Å²) in [4.78, 5) is 14.5. The Morgan fingerprint density at radius 3 is 2.67 bits per heavy atom. The fraction of sp³-hybridized carbons (Fsp3) is 0.533. The van der Waals surface area contributed by atoms with Gasteiger partial charge < -0.3 is 16.0 Å². The number of hydrogen-bond acceptors (Lipinski definition) is 4. The molecule has 6 heteroatoms. The molecule has 0 aliphatic carbocycles. The first-order valence-corrected chi connectivity index (χ1v) is 8.60. The van der Waals surface area contributed by atoms with Gasteiger partial charge in [0.15, 0.2) is 0 Å². The lowest BCUT2D eigenvalue weighted by molar-refractivity contribution is -0.115. The third-order valence-electron chi connectivity index (χ3n) is 3.29. The van der Waals surface area contributed by atoms with E-state index in [0.717, 1.165) is 25.4 Å². The van der Waals surface area contributed by atoms with Crippen molar-refractivity contribution in [3.63, 3.8) is 0 Å². The first-order chi connectivity index (χ1) is 9.97. The summed E-state index contributed by atoms with van der Waals surface area (Å²) in [5.41, 5.74) is 6.82. The SMILES string of the molecule is CCN(CC)CCSC(C)C(=O)Nc1ccc(N)cc1Cl. The standard InChI is InChI=1S/C15H24ClN3OS/c1-4-19(5-2)8-9-21-11(3)15(20)18-14-7-6-12(17)10-13(14)16/h6-7,10-11H,4-5,8-9,17H2,1-3H3,(H,18,20). The molecule has 3 N–H and O–H groups in total. The van der Waals surface area contributed by atoms with Crippen molar-refractivity contribution in [3.8, 4) is 0 Å². The number of benzene rings is 1. The van der Waals surface area contributed by atoms with Crippen molar-refractivity contribution in [2.24, 2.45) is 0 Å². The molecule has 21 heavy (non-hydrogen) atoms. The van der Waals surface area contributed by atoms with E-state index >= 15 is 0 Å². The number of thioether (sulfide) groups is 1. The molecule has 0 aliphatic rings. The first kappa shape index (κ1) is 18.1. The van der Waals surface area contributed by atoms with Gasteiger partial charge in [0, 0.05) is 18.0 Å². The van der Waals surface area contributed by atoms with E-state index in [1.807, 2.05) is 6.92 Å². The molecule has 4 nitrogen and oxygen atoms in total. The lowest BCUT2D eigenvalue weighted by Gasteiger charge is -2.19. The molecule has 0 aliphatic heterocycles. The fourth-order valence-electron chi connectivity index (χ4n) is 1.84. The summed E-state index contributed by atoms with van der Waals surface area (Å²) in [5, 5.41) is 3.19. The number of carbonyl (C=O) groups excluding carboxylic acids is 1. The van der Waals surface area contributed by atoms with Crippen molar-refractivity contribution in [1.29, 1.82) is 0 Å². The molecular weight excluding hydrogens is 306 g/mol. The molecule has 0 spiro atoms. The third-order valence-corrected chi connectivity index (χ3v) is 4.74. The molecule has 0 saturated carbocycles. The van der Waals surface area contributed by atoms with E-state index in [2.05, 4.69) is 24.1 Å². The van der Waals surface area contributed by atoms with Crippen LogP contribution in [-0.2, 0) is 4.79 Å². The molecule has 0 saturated heterocycles. The van der Waals surface area contributed by atoms with E-state index in [9.17, 15) is 4.79 Å². The average Bonchev–Trinajstić information content (AvgIpc) is 2.46. The number of rotatable bonds is 8. The number of hydrogen-bond donors (Lipinski definition) is 2. The van der Waals surface area contributed by atoms with E-state index in [4.69, 9.17) is 17.3 Å². The Morgan fingerprint density at radius 2 is 2.10 bits per heavy atom. The Balaban J connectivity index is 2.44. The van der Waals surface area contributed by atoms with Crippen molar-refractivity contribution in [2.45, 2.75) is 26.0 Å². The molecule has 1 atom stereocenters. The summed E-state index contributed by atoms with van der Waals surface area (Å²) in [5.74, 6) is 0.900. The zero-order chi connectivity index (χ0) is 15.8. The Hall–Kier alpha value is -0.910. The van der Waals surface area contributed by atoms with Gasteiger partial charge in [-0.1, -0.05) is 25.4 Å². The number of halogens is 1. The van der Waals surface area contributed by atoms with E-state index in [-0.39, 0.29) is 11.2 Å². The molecule has 1 aromatic carbocycles. The van der Waals surface area contributed by atoms with E-state index in [1.165, 1.54) is 0 Å². The molecule has 0 fully saturated rings. The Bertz CT molecular complexity index is 466. The number of nitrogens with two attached hydrogens (primary N) is 1. The zero-order valence-electron chi connectivity index (χ0n) is 12.9. The van der Waals surface area contributed by atoms with Gasteiger partial charge in [-0.3, -0.25) is 4.79 Å². The van der Waals surface area contributed by atoms with E-state index in [1.54, 1.807) is 30.0 Å². The number of nitrogen functional groups attached to an aromatic ring is 1. The fourth-order valence-corrected chi connectivity index (χ4v) is 3.00. The molecular formula is C15H24ClN3OS. The van der Waals surface area contributed by atoms with Crippen LogP contribution in [0, 0.1) is 0 Å². The summed E-state index contributed by atoms with van der Waals surface area (Å²) < 4.78 is 0. The van der Waals surface area contributed by atoms with Crippen LogP contribution in [0.5, 0.6) is 0 Å². The molecule has 1 aromatic rings. The second-order valence-corrected chi connectivity index (χ2v) is 6.62. The van der Waals surface area contributed by atoms with E-state index < -0.39 is 0 Å².